The third-order valence-corrected chi connectivity index (χ3v) is 10.7. The molecule has 4 aromatic rings. The van der Waals surface area contributed by atoms with E-state index in [0.717, 1.165) is 47.5 Å². The standard InChI is InChI=1S/C36H36Cl3N3O4S/c37-28-18-16-27(17-19-28)24-41(34(20-26-10-4-1-5-11-26)36(44)40-31-12-6-2-7-13-31)35(43)25-42(32-22-29(38)21-30(39)23-32)47(45,46)33-14-8-3-9-15-33/h1,3-5,8-11,14-19,21-23,31,34H,2,6-7,12-13,20,24-25H2,(H,40,44). The molecular weight excluding hydrogens is 677 g/mol. The van der Waals surface area contributed by atoms with Crippen LogP contribution in [0.2, 0.25) is 15.1 Å². The lowest BCUT2D eigenvalue weighted by Crippen LogP contribution is -2.55. The van der Waals surface area contributed by atoms with Gasteiger partial charge >= 0.3 is 0 Å². The van der Waals surface area contributed by atoms with E-state index in [-0.39, 0.29) is 45.5 Å². The molecule has 0 bridgehead atoms. The molecule has 7 nitrogen and oxygen atoms in total. The van der Waals surface area contributed by atoms with Crippen LogP contribution in [0.5, 0.6) is 0 Å². The first-order chi connectivity index (χ1) is 22.6. The highest BCUT2D eigenvalue weighted by Crippen LogP contribution is 2.30. The van der Waals surface area contributed by atoms with E-state index in [1.54, 1.807) is 42.5 Å². The fourth-order valence-corrected chi connectivity index (χ4v) is 7.88. The SMILES string of the molecule is O=C(NC1CCCCC1)C(Cc1ccccc1)N(Cc1ccc(Cl)cc1)C(=O)CN(c1cc(Cl)cc(Cl)c1)S(=O)(=O)c1ccccc1. The van der Waals surface area contributed by atoms with Crippen LogP contribution < -0.4 is 9.62 Å². The van der Waals surface area contributed by atoms with Crippen molar-refractivity contribution in [2.45, 2.75) is 62.0 Å². The lowest BCUT2D eigenvalue weighted by atomic mass is 9.94. The van der Waals surface area contributed by atoms with Gasteiger partial charge in [-0.3, -0.25) is 13.9 Å². The second kappa shape index (κ2) is 16.0. The van der Waals surface area contributed by atoms with Gasteiger partial charge in [-0.2, -0.15) is 0 Å². The number of anilines is 1. The van der Waals surface area contributed by atoms with Gasteiger partial charge in [-0.15, -0.1) is 0 Å². The molecule has 1 aliphatic rings. The Kier molecular flexibility index (Phi) is 11.9. The maximum atomic E-state index is 14.6. The second-order valence-electron chi connectivity index (χ2n) is 11.6. The molecule has 1 fully saturated rings. The van der Waals surface area contributed by atoms with E-state index in [2.05, 4.69) is 5.32 Å². The van der Waals surface area contributed by atoms with Crippen LogP contribution in [0, 0.1) is 0 Å². The Labute approximate surface area is 291 Å². The molecule has 0 aliphatic heterocycles. The molecule has 0 spiro atoms. The maximum Gasteiger partial charge on any atom is 0.264 e. The fourth-order valence-electron chi connectivity index (χ4n) is 5.82. The first-order valence-electron chi connectivity index (χ1n) is 15.5. The lowest BCUT2D eigenvalue weighted by Gasteiger charge is -2.35. The molecule has 0 saturated heterocycles. The van der Waals surface area contributed by atoms with Crippen LogP contribution in [0.4, 0.5) is 5.69 Å². The number of amides is 2. The molecule has 1 N–H and O–H groups in total. The molecule has 0 aromatic heterocycles. The van der Waals surface area contributed by atoms with Gasteiger partial charge in [0.25, 0.3) is 10.0 Å². The molecule has 47 heavy (non-hydrogen) atoms. The van der Waals surface area contributed by atoms with Crippen LogP contribution in [-0.2, 0) is 32.6 Å². The van der Waals surface area contributed by atoms with Gasteiger partial charge in [-0.25, -0.2) is 8.42 Å². The zero-order valence-corrected chi connectivity index (χ0v) is 28.8. The van der Waals surface area contributed by atoms with Crippen LogP contribution in [0.1, 0.15) is 43.2 Å². The summed E-state index contributed by atoms with van der Waals surface area (Å²) in [5.41, 5.74) is 1.72. The predicted octanol–water partition coefficient (Wildman–Crippen LogP) is 7.93. The monoisotopic (exact) mass is 711 g/mol. The van der Waals surface area contributed by atoms with Gasteiger partial charge in [0.2, 0.25) is 11.8 Å². The molecule has 4 aromatic carbocycles. The summed E-state index contributed by atoms with van der Waals surface area (Å²) in [7, 11) is -4.27. The number of benzene rings is 4. The first kappa shape index (κ1) is 34.8. The average Bonchev–Trinajstić information content (AvgIpc) is 3.06. The zero-order valence-electron chi connectivity index (χ0n) is 25.7. The van der Waals surface area contributed by atoms with Crippen molar-refractivity contribution in [3.05, 3.63) is 129 Å². The molecule has 2 amide bonds. The van der Waals surface area contributed by atoms with Gasteiger partial charge in [-0.05, 0) is 66.4 Å². The summed E-state index contributed by atoms with van der Waals surface area (Å²) in [6.07, 6.45) is 5.14. The maximum absolute atomic E-state index is 14.6. The summed E-state index contributed by atoms with van der Waals surface area (Å²) in [5.74, 6) is -0.860. The van der Waals surface area contributed by atoms with E-state index in [1.165, 1.54) is 35.2 Å². The topological polar surface area (TPSA) is 86.8 Å². The van der Waals surface area contributed by atoms with Crippen molar-refractivity contribution in [2.75, 3.05) is 10.8 Å². The van der Waals surface area contributed by atoms with E-state index in [1.807, 2.05) is 30.3 Å². The Morgan fingerprint density at radius 2 is 1.34 bits per heavy atom. The minimum absolute atomic E-state index is 0.00515. The van der Waals surface area contributed by atoms with Crippen LogP contribution in [0.25, 0.3) is 0 Å². The molecule has 246 valence electrons. The molecule has 11 heteroatoms. The summed E-state index contributed by atoms with van der Waals surface area (Å²) in [6.45, 7) is -0.565. The van der Waals surface area contributed by atoms with Crippen LogP contribution >= 0.6 is 34.8 Å². The van der Waals surface area contributed by atoms with E-state index in [4.69, 9.17) is 34.8 Å². The Morgan fingerprint density at radius 1 is 0.745 bits per heavy atom. The number of halogens is 3. The minimum atomic E-state index is -4.27. The molecule has 1 aliphatic carbocycles. The summed E-state index contributed by atoms with van der Waals surface area (Å²) in [4.78, 5) is 30.3. The third-order valence-electron chi connectivity index (χ3n) is 8.23. The van der Waals surface area contributed by atoms with Crippen molar-refractivity contribution < 1.29 is 18.0 Å². The number of sulfonamides is 1. The predicted molar refractivity (Wildman–Crippen MR) is 188 cm³/mol. The lowest BCUT2D eigenvalue weighted by molar-refractivity contribution is -0.140. The van der Waals surface area contributed by atoms with Crippen molar-refractivity contribution in [1.82, 2.24) is 10.2 Å². The Bertz CT molecular complexity index is 1750. The van der Waals surface area contributed by atoms with Gasteiger partial charge in [0.15, 0.2) is 0 Å². The van der Waals surface area contributed by atoms with Crippen LogP contribution in [-0.4, -0.2) is 43.8 Å². The number of carbonyl (C=O) groups excluding carboxylic acids is 2. The van der Waals surface area contributed by atoms with Crippen LogP contribution in [0.3, 0.4) is 0 Å². The van der Waals surface area contributed by atoms with Gasteiger partial charge in [0.1, 0.15) is 12.6 Å². The summed E-state index contributed by atoms with van der Waals surface area (Å²) < 4.78 is 29.3. The number of nitrogens with zero attached hydrogens (tertiary/aromatic N) is 2. The molecule has 1 atom stereocenters. The molecule has 0 radical (unpaired) electrons. The molecule has 5 rings (SSSR count). The third kappa shape index (κ3) is 9.29. The molecule has 1 saturated carbocycles. The number of rotatable bonds is 12. The molecular formula is C36H36Cl3N3O4S. The largest absolute Gasteiger partial charge is 0.352 e. The number of nitrogens with one attached hydrogen (secondary N) is 1. The normalized spacial score (nSPS) is 14.3. The van der Waals surface area contributed by atoms with Gasteiger partial charge in [0, 0.05) is 34.1 Å². The van der Waals surface area contributed by atoms with E-state index in [0.29, 0.717) is 5.02 Å². The van der Waals surface area contributed by atoms with Crippen molar-refractivity contribution >= 4 is 62.3 Å². The van der Waals surface area contributed by atoms with Gasteiger partial charge in [0.05, 0.1) is 10.6 Å². The van der Waals surface area contributed by atoms with Crippen molar-refractivity contribution in [1.29, 1.82) is 0 Å². The first-order valence-corrected chi connectivity index (χ1v) is 18.1. The fraction of sp³-hybridized carbons (Fsp3) is 0.278. The summed E-state index contributed by atoms with van der Waals surface area (Å²) in [5, 5.41) is 4.15. The Morgan fingerprint density at radius 3 is 1.96 bits per heavy atom. The van der Waals surface area contributed by atoms with E-state index < -0.39 is 28.5 Å². The van der Waals surface area contributed by atoms with Crippen molar-refractivity contribution in [3.8, 4) is 0 Å². The quantitative estimate of drug-likeness (QED) is 0.162. The highest BCUT2D eigenvalue weighted by Gasteiger charge is 2.35. The van der Waals surface area contributed by atoms with E-state index in [9.17, 15) is 18.0 Å². The second-order valence-corrected chi connectivity index (χ2v) is 14.8. The van der Waals surface area contributed by atoms with Crippen molar-refractivity contribution in [3.63, 3.8) is 0 Å². The van der Waals surface area contributed by atoms with Gasteiger partial charge < -0.3 is 10.2 Å². The number of hydrogen-bond acceptors (Lipinski definition) is 4. The number of hydrogen-bond donors (Lipinski definition) is 1. The average molecular weight is 713 g/mol. The highest BCUT2D eigenvalue weighted by atomic mass is 35.5. The Hall–Kier alpha value is -3.56. The summed E-state index contributed by atoms with van der Waals surface area (Å²) >= 11 is 18.8. The zero-order chi connectivity index (χ0) is 33.4. The highest BCUT2D eigenvalue weighted by molar-refractivity contribution is 7.92. The van der Waals surface area contributed by atoms with E-state index >= 15 is 0 Å². The minimum Gasteiger partial charge on any atom is -0.352 e. The Balaban J connectivity index is 1.57. The smallest absolute Gasteiger partial charge is 0.264 e. The number of carbonyl (C=O) groups is 2. The molecule has 1 unspecified atom stereocenters. The van der Waals surface area contributed by atoms with Gasteiger partial charge in [-0.1, -0.05) is 115 Å². The van der Waals surface area contributed by atoms with Crippen molar-refractivity contribution in [2.24, 2.45) is 0 Å². The summed E-state index contributed by atoms with van der Waals surface area (Å²) in [6, 6.07) is 27.8. The molecule has 0 heterocycles. The van der Waals surface area contributed by atoms with Crippen LogP contribution in [0.15, 0.2) is 108 Å².